The zero-order chi connectivity index (χ0) is 24.4. The predicted molar refractivity (Wildman–Crippen MR) is 132 cm³/mol. The van der Waals surface area contributed by atoms with E-state index in [4.69, 9.17) is 0 Å². The van der Waals surface area contributed by atoms with Crippen molar-refractivity contribution >= 4 is 40.1 Å². The van der Waals surface area contributed by atoms with Crippen LogP contribution in [-0.2, 0) is 12.6 Å². The molecule has 1 saturated carbocycles. The third-order valence-corrected chi connectivity index (χ3v) is 5.65. The first kappa shape index (κ1) is 22.8. The van der Waals surface area contributed by atoms with E-state index in [1.54, 1.807) is 30.6 Å². The summed E-state index contributed by atoms with van der Waals surface area (Å²) in [4.78, 5) is 18.0. The van der Waals surface area contributed by atoms with Gasteiger partial charge in [0.15, 0.2) is 0 Å². The van der Waals surface area contributed by atoms with Crippen molar-refractivity contribution in [2.45, 2.75) is 38.4 Å². The van der Waals surface area contributed by atoms with Crippen LogP contribution >= 0.6 is 0 Å². The highest BCUT2D eigenvalue weighted by molar-refractivity contribution is 5.92. The fourth-order valence-electron chi connectivity index (χ4n) is 3.69. The van der Waals surface area contributed by atoms with Gasteiger partial charge in [0.05, 0.1) is 34.3 Å². The monoisotopic (exact) mass is 476 g/mol. The number of pyridine rings is 1. The Kier molecular flexibility index (Phi) is 6.07. The number of rotatable bonds is 7. The molecule has 0 aliphatic heterocycles. The van der Waals surface area contributed by atoms with Gasteiger partial charge in [0.1, 0.15) is 0 Å². The number of nitrogens with zero attached hydrogens (tertiary/aromatic N) is 4. The van der Waals surface area contributed by atoms with Crippen molar-refractivity contribution in [1.82, 2.24) is 15.0 Å². The van der Waals surface area contributed by atoms with Gasteiger partial charge in [-0.05, 0) is 56.2 Å². The molecule has 4 aromatic rings. The summed E-state index contributed by atoms with van der Waals surface area (Å²) >= 11 is 0. The van der Waals surface area contributed by atoms with Gasteiger partial charge in [0, 0.05) is 35.4 Å². The van der Waals surface area contributed by atoms with Crippen molar-refractivity contribution in [3.8, 4) is 0 Å². The fraction of sp³-hybridized carbons (Fsp3) is 0.231. The Hall–Kier alpha value is -4.01. The molecule has 2 N–H and O–H groups in total. The Labute approximate surface area is 200 Å². The lowest BCUT2D eigenvalue weighted by atomic mass is 10.1. The summed E-state index contributed by atoms with van der Waals surface area (Å²) in [7, 11) is 0. The smallest absolute Gasteiger partial charge is 0.381 e. The molecule has 1 fully saturated rings. The molecule has 6 nitrogen and oxygen atoms in total. The molecular formula is C26H23F3N6. The number of hydrogen-bond acceptors (Lipinski definition) is 6. The number of hydrogen-bond donors (Lipinski definition) is 2. The molecule has 1 aliphatic carbocycles. The van der Waals surface area contributed by atoms with E-state index in [9.17, 15) is 13.2 Å². The number of nitrogens with one attached hydrogen (secondary N) is 2. The molecule has 0 atom stereocenters. The van der Waals surface area contributed by atoms with Gasteiger partial charge in [0.2, 0.25) is 5.95 Å². The van der Waals surface area contributed by atoms with Crippen molar-refractivity contribution in [1.29, 1.82) is 0 Å². The molecule has 9 heteroatoms. The first-order chi connectivity index (χ1) is 16.8. The molecule has 2 aromatic carbocycles. The normalized spacial score (nSPS) is 13.9. The van der Waals surface area contributed by atoms with Crippen LogP contribution in [0.2, 0.25) is 0 Å². The van der Waals surface area contributed by atoms with E-state index in [0.29, 0.717) is 29.8 Å². The highest BCUT2D eigenvalue weighted by Crippen LogP contribution is 2.32. The topological polar surface area (TPSA) is 75.1 Å². The third kappa shape index (κ3) is 5.56. The number of alkyl halides is 3. The molecule has 2 aromatic heterocycles. The van der Waals surface area contributed by atoms with Crippen molar-refractivity contribution in [2.75, 3.05) is 10.6 Å². The van der Waals surface area contributed by atoms with E-state index in [-0.39, 0.29) is 0 Å². The molecule has 2 heterocycles. The molecule has 5 rings (SSSR count). The summed E-state index contributed by atoms with van der Waals surface area (Å²) < 4.78 is 38.7. The van der Waals surface area contributed by atoms with Crippen molar-refractivity contribution < 1.29 is 13.2 Å². The van der Waals surface area contributed by atoms with Crippen LogP contribution in [0, 0.1) is 6.92 Å². The number of fused-ring (bicyclic) bond motifs is 1. The largest absolute Gasteiger partial charge is 0.416 e. The minimum atomic E-state index is -4.39. The summed E-state index contributed by atoms with van der Waals surface area (Å²) in [6.45, 7) is 1.95. The maximum Gasteiger partial charge on any atom is 0.416 e. The van der Waals surface area contributed by atoms with E-state index in [2.05, 4.69) is 30.6 Å². The van der Waals surface area contributed by atoms with Crippen LogP contribution < -0.4 is 10.6 Å². The molecule has 178 valence electrons. The molecule has 35 heavy (non-hydrogen) atoms. The number of benzene rings is 2. The number of aryl methyl sites for hydroxylation is 1. The maximum atomic E-state index is 12.9. The summed E-state index contributed by atoms with van der Waals surface area (Å²) in [6.07, 6.45) is 1.71. The van der Waals surface area contributed by atoms with Crippen LogP contribution in [0.25, 0.3) is 10.9 Å². The second kappa shape index (κ2) is 9.32. The lowest BCUT2D eigenvalue weighted by Gasteiger charge is -2.10. The van der Waals surface area contributed by atoms with E-state index >= 15 is 0 Å². The van der Waals surface area contributed by atoms with Crippen LogP contribution in [-0.4, -0.2) is 27.2 Å². The third-order valence-electron chi connectivity index (χ3n) is 5.65. The van der Waals surface area contributed by atoms with Gasteiger partial charge in [-0.1, -0.05) is 18.2 Å². The Morgan fingerprint density at radius 2 is 1.86 bits per heavy atom. The first-order valence-corrected chi connectivity index (χ1v) is 11.3. The fourth-order valence-corrected chi connectivity index (χ4v) is 3.69. The average Bonchev–Trinajstić information content (AvgIpc) is 3.65. The van der Waals surface area contributed by atoms with Crippen LogP contribution in [0.15, 0.2) is 65.8 Å². The Morgan fingerprint density at radius 3 is 2.60 bits per heavy atom. The van der Waals surface area contributed by atoms with E-state index < -0.39 is 11.7 Å². The number of aromatic nitrogens is 3. The van der Waals surface area contributed by atoms with Gasteiger partial charge in [0.25, 0.3) is 0 Å². The zero-order valence-corrected chi connectivity index (χ0v) is 19.0. The molecule has 0 bridgehead atoms. The predicted octanol–water partition coefficient (Wildman–Crippen LogP) is 6.61. The number of halogens is 3. The van der Waals surface area contributed by atoms with Crippen LogP contribution in [0.3, 0.4) is 0 Å². The SMILES string of the molecule is Cc1nc(N=CCc2ccc(Nc3cccc(C(F)(F)F)c3)cn2)nc2c(NC3CC3)cccc12. The number of anilines is 3. The van der Waals surface area contributed by atoms with Gasteiger partial charge in [-0.3, -0.25) is 4.98 Å². The summed E-state index contributed by atoms with van der Waals surface area (Å²) in [6, 6.07) is 15.2. The maximum absolute atomic E-state index is 12.9. The second-order valence-corrected chi connectivity index (χ2v) is 8.49. The molecule has 0 saturated heterocycles. The van der Waals surface area contributed by atoms with E-state index in [1.165, 1.54) is 18.9 Å². The highest BCUT2D eigenvalue weighted by atomic mass is 19.4. The quantitative estimate of drug-likeness (QED) is 0.294. The van der Waals surface area contributed by atoms with Gasteiger partial charge in [-0.2, -0.15) is 13.2 Å². The molecule has 1 aliphatic rings. The summed E-state index contributed by atoms with van der Waals surface area (Å²) in [5.41, 5.74) is 3.72. The van der Waals surface area contributed by atoms with E-state index in [1.807, 2.05) is 25.1 Å². The highest BCUT2D eigenvalue weighted by Gasteiger charge is 2.30. The minimum absolute atomic E-state index is 0.343. The molecule has 0 amide bonds. The van der Waals surface area contributed by atoms with Crippen molar-refractivity contribution in [3.63, 3.8) is 0 Å². The average molecular weight is 477 g/mol. The van der Waals surface area contributed by atoms with Crippen molar-refractivity contribution in [3.05, 3.63) is 77.7 Å². The molecule has 0 radical (unpaired) electrons. The Morgan fingerprint density at radius 1 is 1.03 bits per heavy atom. The molecule has 0 unspecified atom stereocenters. The summed E-state index contributed by atoms with van der Waals surface area (Å²) in [5, 5.41) is 7.46. The summed E-state index contributed by atoms with van der Waals surface area (Å²) in [5.74, 6) is 0.392. The number of aliphatic imine (C=N–C) groups is 1. The first-order valence-electron chi connectivity index (χ1n) is 11.3. The lowest BCUT2D eigenvalue weighted by molar-refractivity contribution is -0.137. The zero-order valence-electron chi connectivity index (χ0n) is 19.0. The lowest BCUT2D eigenvalue weighted by Crippen LogP contribution is -2.05. The van der Waals surface area contributed by atoms with Gasteiger partial charge in [-0.15, -0.1) is 0 Å². The number of para-hydroxylation sites is 1. The Bertz CT molecular complexity index is 1380. The van der Waals surface area contributed by atoms with Gasteiger partial charge in [-0.25, -0.2) is 15.0 Å². The van der Waals surface area contributed by atoms with Crippen LogP contribution in [0.1, 0.15) is 29.8 Å². The minimum Gasteiger partial charge on any atom is -0.381 e. The van der Waals surface area contributed by atoms with Gasteiger partial charge < -0.3 is 10.6 Å². The van der Waals surface area contributed by atoms with E-state index in [0.717, 1.165) is 40.1 Å². The van der Waals surface area contributed by atoms with Crippen LogP contribution in [0.4, 0.5) is 36.2 Å². The van der Waals surface area contributed by atoms with Crippen LogP contribution in [0.5, 0.6) is 0 Å². The molecular weight excluding hydrogens is 453 g/mol. The van der Waals surface area contributed by atoms with Crippen molar-refractivity contribution in [2.24, 2.45) is 4.99 Å². The van der Waals surface area contributed by atoms with Gasteiger partial charge >= 0.3 is 6.18 Å². The standard InChI is InChI=1S/C26H23F3N6/c1-16-22-6-3-7-23(34-19-9-10-19)24(22)35-25(32-16)30-13-12-18-8-11-21(15-31-18)33-20-5-2-4-17(14-20)26(27,28)29/h2-8,11,13-15,19,33-34H,9-10,12H2,1H3. The molecule has 0 spiro atoms. The Balaban J connectivity index is 1.26. The second-order valence-electron chi connectivity index (χ2n) is 8.49.